The van der Waals surface area contributed by atoms with Crippen LogP contribution >= 0.6 is 15.9 Å². The summed E-state index contributed by atoms with van der Waals surface area (Å²) in [4.78, 5) is 26.2. The first-order chi connectivity index (χ1) is 9.10. The Morgan fingerprint density at radius 3 is 2.63 bits per heavy atom. The van der Waals surface area contributed by atoms with Crippen LogP contribution in [0.25, 0.3) is 0 Å². The van der Waals surface area contributed by atoms with E-state index < -0.39 is 0 Å². The van der Waals surface area contributed by atoms with Crippen molar-refractivity contribution in [3.63, 3.8) is 0 Å². The van der Waals surface area contributed by atoms with Crippen LogP contribution in [0.3, 0.4) is 0 Å². The molecule has 0 aliphatic carbocycles. The summed E-state index contributed by atoms with van der Waals surface area (Å²) in [5.74, 6) is -0.460. The molecule has 0 bridgehead atoms. The molecule has 0 atom stereocenters. The number of hydrogen-bond donors (Lipinski definition) is 3. The number of carbonyl (C=O) groups is 2. The number of carbonyl (C=O) groups excluding carboxylic acids is 2. The highest BCUT2D eigenvalue weighted by molar-refractivity contribution is 9.10. The van der Waals surface area contributed by atoms with Gasteiger partial charge in [0.2, 0.25) is 0 Å². The fraction of sp³-hybridized carbons (Fsp3) is 0.0769. The van der Waals surface area contributed by atoms with Crippen LogP contribution in [0.15, 0.2) is 41.0 Å². The molecule has 0 aliphatic rings. The monoisotopic (exact) mass is 321 g/mol. The number of anilines is 1. The maximum absolute atomic E-state index is 11.9. The van der Waals surface area contributed by atoms with Gasteiger partial charge in [0.15, 0.2) is 0 Å². The van der Waals surface area contributed by atoms with E-state index in [-0.39, 0.29) is 11.8 Å². The van der Waals surface area contributed by atoms with Crippen molar-refractivity contribution in [3.8, 4) is 0 Å². The lowest BCUT2D eigenvalue weighted by molar-refractivity contribution is 0.0961. The molecule has 0 saturated carbocycles. The van der Waals surface area contributed by atoms with Crippen LogP contribution in [-0.4, -0.2) is 23.8 Å². The van der Waals surface area contributed by atoms with Crippen molar-refractivity contribution in [2.75, 3.05) is 12.4 Å². The van der Waals surface area contributed by atoms with Crippen molar-refractivity contribution in [3.05, 3.63) is 52.3 Å². The van der Waals surface area contributed by atoms with Gasteiger partial charge in [-0.25, -0.2) is 0 Å². The van der Waals surface area contributed by atoms with Crippen LogP contribution in [0, 0.1) is 0 Å². The molecule has 6 heteroatoms. The number of aromatic nitrogens is 1. The largest absolute Gasteiger partial charge is 0.356 e. The standard InChI is InChI=1S/C13H12BrN3O2/c1-15-12(18)8-3-2-4-10(5-8)17-13(19)11-6-9(14)7-16-11/h2-7,16H,1H3,(H,15,18)(H,17,19). The predicted octanol–water partition coefficient (Wildman–Crippen LogP) is 2.39. The third kappa shape index (κ3) is 3.23. The normalized spacial score (nSPS) is 10.0. The molecule has 98 valence electrons. The zero-order valence-corrected chi connectivity index (χ0v) is 11.7. The van der Waals surface area contributed by atoms with E-state index in [1.165, 1.54) is 0 Å². The van der Waals surface area contributed by atoms with E-state index in [1.807, 2.05) is 0 Å². The number of H-pyrrole nitrogens is 1. The van der Waals surface area contributed by atoms with Crippen LogP contribution < -0.4 is 10.6 Å². The van der Waals surface area contributed by atoms with Gasteiger partial charge in [-0.2, -0.15) is 0 Å². The molecule has 2 aromatic rings. The van der Waals surface area contributed by atoms with Gasteiger partial charge in [0, 0.05) is 29.0 Å². The first kappa shape index (κ1) is 13.4. The number of nitrogens with one attached hydrogen (secondary N) is 3. The van der Waals surface area contributed by atoms with Crippen molar-refractivity contribution < 1.29 is 9.59 Å². The van der Waals surface area contributed by atoms with Gasteiger partial charge in [-0.3, -0.25) is 9.59 Å². The minimum Gasteiger partial charge on any atom is -0.356 e. The van der Waals surface area contributed by atoms with Crippen LogP contribution in [0.4, 0.5) is 5.69 Å². The van der Waals surface area contributed by atoms with Gasteiger partial charge in [0.05, 0.1) is 0 Å². The Hall–Kier alpha value is -2.08. The van der Waals surface area contributed by atoms with Gasteiger partial charge >= 0.3 is 0 Å². The van der Waals surface area contributed by atoms with E-state index in [4.69, 9.17) is 0 Å². The number of halogens is 1. The zero-order valence-electron chi connectivity index (χ0n) is 10.2. The summed E-state index contributed by atoms with van der Waals surface area (Å²) in [6, 6.07) is 8.42. The number of amides is 2. The molecule has 0 saturated heterocycles. The van der Waals surface area contributed by atoms with Crippen LogP contribution in [0.1, 0.15) is 20.8 Å². The molecule has 0 spiro atoms. The number of rotatable bonds is 3. The lowest BCUT2D eigenvalue weighted by Crippen LogP contribution is -2.18. The highest BCUT2D eigenvalue weighted by atomic mass is 79.9. The summed E-state index contributed by atoms with van der Waals surface area (Å²) in [7, 11) is 1.56. The molecule has 0 unspecified atom stereocenters. The SMILES string of the molecule is CNC(=O)c1cccc(NC(=O)c2cc(Br)c[nH]2)c1. The molecule has 5 nitrogen and oxygen atoms in total. The Bertz CT molecular complexity index is 622. The van der Waals surface area contributed by atoms with Gasteiger partial charge in [-0.15, -0.1) is 0 Å². The molecule has 0 radical (unpaired) electrons. The molecule has 19 heavy (non-hydrogen) atoms. The maximum atomic E-state index is 11.9. The number of aromatic amines is 1. The third-order valence-corrected chi connectivity index (χ3v) is 2.96. The molecule has 0 aliphatic heterocycles. The van der Waals surface area contributed by atoms with E-state index in [9.17, 15) is 9.59 Å². The Kier molecular flexibility index (Phi) is 4.01. The third-order valence-electron chi connectivity index (χ3n) is 2.50. The maximum Gasteiger partial charge on any atom is 0.272 e. The molecule has 1 aromatic heterocycles. The van der Waals surface area contributed by atoms with Gasteiger partial charge < -0.3 is 15.6 Å². The summed E-state index contributed by atoms with van der Waals surface area (Å²) in [6.07, 6.45) is 1.68. The second kappa shape index (κ2) is 5.71. The summed E-state index contributed by atoms with van der Waals surface area (Å²) >= 11 is 3.26. The van der Waals surface area contributed by atoms with Crippen LogP contribution in [0.5, 0.6) is 0 Å². The predicted molar refractivity (Wildman–Crippen MR) is 76.3 cm³/mol. The fourth-order valence-electron chi connectivity index (χ4n) is 1.58. The summed E-state index contributed by atoms with van der Waals surface area (Å²) in [5.41, 5.74) is 1.50. The number of benzene rings is 1. The van der Waals surface area contributed by atoms with E-state index in [0.717, 1.165) is 4.47 Å². The average molecular weight is 322 g/mol. The zero-order chi connectivity index (χ0) is 13.8. The Morgan fingerprint density at radius 1 is 1.21 bits per heavy atom. The second-order valence-electron chi connectivity index (χ2n) is 3.85. The summed E-state index contributed by atoms with van der Waals surface area (Å²) in [5, 5.41) is 5.25. The quantitative estimate of drug-likeness (QED) is 0.812. The van der Waals surface area contributed by atoms with Crippen molar-refractivity contribution in [2.45, 2.75) is 0 Å². The van der Waals surface area contributed by atoms with Gasteiger partial charge in [0.25, 0.3) is 11.8 Å². The lowest BCUT2D eigenvalue weighted by atomic mass is 10.2. The topological polar surface area (TPSA) is 74.0 Å². The van der Waals surface area contributed by atoms with Crippen molar-refractivity contribution >= 4 is 33.4 Å². The molecular weight excluding hydrogens is 310 g/mol. The molecule has 1 heterocycles. The summed E-state index contributed by atoms with van der Waals surface area (Å²) in [6.45, 7) is 0. The van der Waals surface area contributed by atoms with E-state index in [1.54, 1.807) is 43.6 Å². The molecule has 3 N–H and O–H groups in total. The van der Waals surface area contributed by atoms with E-state index >= 15 is 0 Å². The fourth-order valence-corrected chi connectivity index (χ4v) is 1.92. The average Bonchev–Trinajstić information content (AvgIpc) is 2.85. The Morgan fingerprint density at radius 2 is 2.00 bits per heavy atom. The van der Waals surface area contributed by atoms with Gasteiger partial charge in [-0.05, 0) is 40.2 Å². The molecular formula is C13H12BrN3O2. The van der Waals surface area contributed by atoms with Crippen molar-refractivity contribution in [1.82, 2.24) is 10.3 Å². The van der Waals surface area contributed by atoms with Crippen molar-refractivity contribution in [1.29, 1.82) is 0 Å². The van der Waals surface area contributed by atoms with Gasteiger partial charge in [0.1, 0.15) is 5.69 Å². The molecule has 0 fully saturated rings. The minimum absolute atomic E-state index is 0.196. The van der Waals surface area contributed by atoms with Gasteiger partial charge in [-0.1, -0.05) is 6.07 Å². The van der Waals surface area contributed by atoms with Crippen LogP contribution in [-0.2, 0) is 0 Å². The minimum atomic E-state index is -0.264. The van der Waals surface area contributed by atoms with E-state index in [2.05, 4.69) is 31.5 Å². The number of hydrogen-bond acceptors (Lipinski definition) is 2. The summed E-state index contributed by atoms with van der Waals surface area (Å²) < 4.78 is 0.803. The highest BCUT2D eigenvalue weighted by Crippen LogP contribution is 2.14. The smallest absolute Gasteiger partial charge is 0.272 e. The first-order valence-corrected chi connectivity index (χ1v) is 6.37. The van der Waals surface area contributed by atoms with E-state index in [0.29, 0.717) is 16.9 Å². The Balaban J connectivity index is 2.15. The van der Waals surface area contributed by atoms with Crippen LogP contribution in [0.2, 0.25) is 0 Å². The molecule has 1 aromatic carbocycles. The first-order valence-electron chi connectivity index (χ1n) is 5.57. The lowest BCUT2D eigenvalue weighted by Gasteiger charge is -2.06. The second-order valence-corrected chi connectivity index (χ2v) is 4.76. The highest BCUT2D eigenvalue weighted by Gasteiger charge is 2.09. The van der Waals surface area contributed by atoms with Crippen molar-refractivity contribution in [2.24, 2.45) is 0 Å². The Labute approximate surface area is 118 Å². The molecule has 2 rings (SSSR count). The molecule has 2 amide bonds.